The smallest absolute Gasteiger partial charge is 0.220 e. The number of nitrogens with one attached hydrogen (secondary N) is 2. The summed E-state index contributed by atoms with van der Waals surface area (Å²) < 4.78 is 0. The first-order valence-electron chi connectivity index (χ1n) is 8.79. The largest absolute Gasteiger partial charge is 0.349 e. The molecule has 1 amide bonds. The summed E-state index contributed by atoms with van der Waals surface area (Å²) in [6.45, 7) is 6.59. The van der Waals surface area contributed by atoms with Gasteiger partial charge in [0.15, 0.2) is 0 Å². The average Bonchev–Trinajstić information content (AvgIpc) is 3.07. The van der Waals surface area contributed by atoms with Crippen LogP contribution < -0.4 is 10.6 Å². The van der Waals surface area contributed by atoms with E-state index in [0.29, 0.717) is 18.3 Å². The van der Waals surface area contributed by atoms with Crippen LogP contribution in [0.25, 0.3) is 0 Å². The van der Waals surface area contributed by atoms with E-state index in [-0.39, 0.29) is 11.9 Å². The number of hydrogen-bond donors (Lipinski definition) is 2. The second-order valence-corrected chi connectivity index (χ2v) is 6.43. The number of carbonyl (C=O) groups is 1. The van der Waals surface area contributed by atoms with E-state index in [0.717, 1.165) is 32.4 Å². The highest BCUT2D eigenvalue weighted by molar-refractivity contribution is 5.76. The monoisotopic (exact) mass is 302 g/mol. The maximum atomic E-state index is 12.4. The molecule has 1 aromatic carbocycles. The van der Waals surface area contributed by atoms with E-state index >= 15 is 0 Å². The minimum Gasteiger partial charge on any atom is -0.349 e. The van der Waals surface area contributed by atoms with Gasteiger partial charge in [-0.25, -0.2) is 0 Å². The molecule has 2 unspecified atom stereocenters. The lowest BCUT2D eigenvalue weighted by Crippen LogP contribution is -2.33. The van der Waals surface area contributed by atoms with Crippen LogP contribution in [0.5, 0.6) is 0 Å². The summed E-state index contributed by atoms with van der Waals surface area (Å²) in [7, 11) is 0. The fourth-order valence-electron chi connectivity index (χ4n) is 3.44. The molecule has 1 aliphatic rings. The van der Waals surface area contributed by atoms with Crippen molar-refractivity contribution in [2.24, 2.45) is 11.8 Å². The molecule has 1 aliphatic heterocycles. The van der Waals surface area contributed by atoms with Crippen molar-refractivity contribution in [2.75, 3.05) is 13.1 Å². The number of benzene rings is 1. The third kappa shape index (κ3) is 4.84. The van der Waals surface area contributed by atoms with Crippen LogP contribution in [-0.4, -0.2) is 19.0 Å². The van der Waals surface area contributed by atoms with Crippen molar-refractivity contribution in [3.8, 4) is 0 Å². The molecule has 2 rings (SSSR count). The molecule has 1 aromatic rings. The molecular weight excluding hydrogens is 272 g/mol. The van der Waals surface area contributed by atoms with Gasteiger partial charge in [0.25, 0.3) is 0 Å². The van der Waals surface area contributed by atoms with Gasteiger partial charge in [0.05, 0.1) is 6.04 Å². The molecule has 0 radical (unpaired) electrons. The van der Waals surface area contributed by atoms with Gasteiger partial charge in [-0.05, 0) is 43.3 Å². The van der Waals surface area contributed by atoms with Gasteiger partial charge in [-0.3, -0.25) is 4.79 Å². The van der Waals surface area contributed by atoms with Gasteiger partial charge >= 0.3 is 0 Å². The van der Waals surface area contributed by atoms with Gasteiger partial charge < -0.3 is 10.6 Å². The zero-order chi connectivity index (χ0) is 15.8. The molecule has 2 N–H and O–H groups in total. The predicted molar refractivity (Wildman–Crippen MR) is 91.6 cm³/mol. The third-order valence-electron chi connectivity index (χ3n) is 4.94. The molecular formula is C19H30N2O. The Hall–Kier alpha value is -1.35. The Morgan fingerprint density at radius 3 is 2.59 bits per heavy atom. The summed E-state index contributed by atoms with van der Waals surface area (Å²) in [5.74, 6) is 1.38. The van der Waals surface area contributed by atoms with Crippen LogP contribution in [0.2, 0.25) is 0 Å². The SMILES string of the molecule is CCC(CC)C(NC(=O)CCC1CCNC1)c1ccccc1. The molecule has 2 atom stereocenters. The number of carbonyl (C=O) groups excluding carboxylic acids is 1. The molecule has 1 saturated heterocycles. The highest BCUT2D eigenvalue weighted by atomic mass is 16.1. The van der Waals surface area contributed by atoms with Crippen LogP contribution in [0.4, 0.5) is 0 Å². The minimum atomic E-state index is 0.144. The Bertz CT molecular complexity index is 436. The molecule has 122 valence electrons. The molecule has 1 heterocycles. The van der Waals surface area contributed by atoms with Crippen LogP contribution in [0.1, 0.15) is 57.6 Å². The minimum absolute atomic E-state index is 0.144. The maximum absolute atomic E-state index is 12.4. The lowest BCUT2D eigenvalue weighted by molar-refractivity contribution is -0.122. The topological polar surface area (TPSA) is 41.1 Å². The van der Waals surface area contributed by atoms with E-state index in [1.54, 1.807) is 0 Å². The van der Waals surface area contributed by atoms with Crippen molar-refractivity contribution >= 4 is 5.91 Å². The fourth-order valence-corrected chi connectivity index (χ4v) is 3.44. The summed E-state index contributed by atoms with van der Waals surface area (Å²) in [6, 6.07) is 10.5. The predicted octanol–water partition coefficient (Wildman–Crippen LogP) is 3.67. The lowest BCUT2D eigenvalue weighted by atomic mass is 9.88. The normalized spacial score (nSPS) is 19.3. The molecule has 0 aliphatic carbocycles. The summed E-state index contributed by atoms with van der Waals surface area (Å²) in [5, 5.41) is 6.67. The van der Waals surface area contributed by atoms with E-state index < -0.39 is 0 Å². The summed E-state index contributed by atoms with van der Waals surface area (Å²) >= 11 is 0. The van der Waals surface area contributed by atoms with E-state index in [2.05, 4.69) is 48.7 Å². The van der Waals surface area contributed by atoms with Gasteiger partial charge in [-0.2, -0.15) is 0 Å². The van der Waals surface area contributed by atoms with Crippen LogP contribution in [-0.2, 0) is 4.79 Å². The van der Waals surface area contributed by atoms with E-state index in [9.17, 15) is 4.79 Å². The van der Waals surface area contributed by atoms with Crippen molar-refractivity contribution in [2.45, 2.75) is 52.0 Å². The molecule has 1 fully saturated rings. The zero-order valence-electron chi connectivity index (χ0n) is 14.0. The fraction of sp³-hybridized carbons (Fsp3) is 0.632. The molecule has 0 spiro atoms. The van der Waals surface area contributed by atoms with E-state index in [1.807, 2.05) is 6.07 Å². The average molecular weight is 302 g/mol. The van der Waals surface area contributed by atoms with Crippen molar-refractivity contribution < 1.29 is 4.79 Å². The highest BCUT2D eigenvalue weighted by Crippen LogP contribution is 2.27. The molecule has 0 saturated carbocycles. The second-order valence-electron chi connectivity index (χ2n) is 6.43. The van der Waals surface area contributed by atoms with Crippen molar-refractivity contribution in [3.05, 3.63) is 35.9 Å². The molecule has 0 aromatic heterocycles. The molecule has 3 nitrogen and oxygen atoms in total. The van der Waals surface area contributed by atoms with Gasteiger partial charge in [0, 0.05) is 6.42 Å². The number of amides is 1. The first kappa shape index (κ1) is 17.0. The number of rotatable bonds is 8. The van der Waals surface area contributed by atoms with Crippen LogP contribution in [0.3, 0.4) is 0 Å². The molecule has 22 heavy (non-hydrogen) atoms. The van der Waals surface area contributed by atoms with Crippen molar-refractivity contribution in [1.82, 2.24) is 10.6 Å². The Balaban J connectivity index is 1.94. The highest BCUT2D eigenvalue weighted by Gasteiger charge is 2.23. The quantitative estimate of drug-likeness (QED) is 0.769. The summed E-state index contributed by atoms with van der Waals surface area (Å²) in [5.41, 5.74) is 1.23. The third-order valence-corrected chi connectivity index (χ3v) is 4.94. The second kappa shape index (κ2) is 8.94. The standard InChI is InChI=1S/C19H30N2O/c1-3-16(4-2)19(17-8-6-5-7-9-17)21-18(22)11-10-15-12-13-20-14-15/h5-9,15-16,19-20H,3-4,10-14H2,1-2H3,(H,21,22). The lowest BCUT2D eigenvalue weighted by Gasteiger charge is -2.27. The number of hydrogen-bond acceptors (Lipinski definition) is 2. The molecule has 3 heteroatoms. The molecule has 0 bridgehead atoms. The van der Waals surface area contributed by atoms with Gasteiger partial charge in [-0.1, -0.05) is 57.0 Å². The van der Waals surface area contributed by atoms with E-state index in [4.69, 9.17) is 0 Å². The summed E-state index contributed by atoms with van der Waals surface area (Å²) in [4.78, 5) is 12.4. The summed E-state index contributed by atoms with van der Waals surface area (Å²) in [6.07, 6.45) is 5.03. The van der Waals surface area contributed by atoms with Crippen LogP contribution >= 0.6 is 0 Å². The Morgan fingerprint density at radius 1 is 1.27 bits per heavy atom. The van der Waals surface area contributed by atoms with Gasteiger partial charge in [0.2, 0.25) is 5.91 Å². The van der Waals surface area contributed by atoms with Gasteiger partial charge in [-0.15, -0.1) is 0 Å². The Kier molecular flexibility index (Phi) is 6.91. The van der Waals surface area contributed by atoms with Crippen LogP contribution in [0.15, 0.2) is 30.3 Å². The van der Waals surface area contributed by atoms with E-state index in [1.165, 1.54) is 12.0 Å². The Morgan fingerprint density at radius 2 is 2.00 bits per heavy atom. The zero-order valence-corrected chi connectivity index (χ0v) is 14.0. The van der Waals surface area contributed by atoms with Crippen molar-refractivity contribution in [1.29, 1.82) is 0 Å². The van der Waals surface area contributed by atoms with Crippen molar-refractivity contribution in [3.63, 3.8) is 0 Å². The van der Waals surface area contributed by atoms with Gasteiger partial charge in [0.1, 0.15) is 0 Å². The maximum Gasteiger partial charge on any atom is 0.220 e. The first-order chi connectivity index (χ1) is 10.7. The van der Waals surface area contributed by atoms with Crippen LogP contribution in [0, 0.1) is 11.8 Å². The first-order valence-corrected chi connectivity index (χ1v) is 8.79. The Labute approximate surface area is 134 Å².